The van der Waals surface area contributed by atoms with Gasteiger partial charge in [-0.2, -0.15) is 0 Å². The van der Waals surface area contributed by atoms with E-state index in [1.54, 1.807) is 0 Å². The van der Waals surface area contributed by atoms with Crippen LogP contribution in [0.4, 0.5) is 4.79 Å². The van der Waals surface area contributed by atoms with Crippen LogP contribution in [0.3, 0.4) is 0 Å². The Bertz CT molecular complexity index is 510. The van der Waals surface area contributed by atoms with Crippen molar-refractivity contribution in [2.45, 2.75) is 32.9 Å². The van der Waals surface area contributed by atoms with E-state index in [4.69, 9.17) is 4.74 Å². The maximum absolute atomic E-state index is 12.2. The quantitative estimate of drug-likeness (QED) is 0.842. The van der Waals surface area contributed by atoms with Crippen LogP contribution in [-0.2, 0) is 11.3 Å². The predicted molar refractivity (Wildman–Crippen MR) is 86.5 cm³/mol. The number of hydrogen-bond donors (Lipinski definition) is 0. The van der Waals surface area contributed by atoms with Crippen molar-refractivity contribution in [1.82, 2.24) is 9.80 Å². The summed E-state index contributed by atoms with van der Waals surface area (Å²) in [6.07, 6.45) is -0.156. The van der Waals surface area contributed by atoms with Gasteiger partial charge in [0, 0.05) is 32.7 Å². The first-order chi connectivity index (χ1) is 10.4. The number of hydrogen-bond acceptors (Lipinski definition) is 3. The maximum Gasteiger partial charge on any atom is 0.410 e. The molecule has 2 saturated heterocycles. The van der Waals surface area contributed by atoms with Crippen LogP contribution in [0.5, 0.6) is 0 Å². The predicted octanol–water partition coefficient (Wildman–Crippen LogP) is 2.99. The summed E-state index contributed by atoms with van der Waals surface area (Å²) in [5.74, 6) is 1.19. The number of likely N-dealkylation sites (tertiary alicyclic amines) is 2. The zero-order chi connectivity index (χ0) is 15.7. The summed E-state index contributed by atoms with van der Waals surface area (Å²) < 4.78 is 5.48. The molecule has 120 valence electrons. The normalized spacial score (nSPS) is 25.3. The Morgan fingerprint density at radius 2 is 1.68 bits per heavy atom. The molecule has 2 aliphatic heterocycles. The van der Waals surface area contributed by atoms with Gasteiger partial charge in [-0.3, -0.25) is 4.90 Å². The number of benzene rings is 1. The molecule has 1 aromatic carbocycles. The molecule has 2 fully saturated rings. The van der Waals surface area contributed by atoms with E-state index < -0.39 is 5.60 Å². The van der Waals surface area contributed by atoms with Crippen molar-refractivity contribution in [2.24, 2.45) is 11.8 Å². The van der Waals surface area contributed by atoms with E-state index in [2.05, 4.69) is 35.2 Å². The highest BCUT2D eigenvalue weighted by Crippen LogP contribution is 2.32. The molecule has 0 saturated carbocycles. The summed E-state index contributed by atoms with van der Waals surface area (Å²) in [5, 5.41) is 0. The lowest BCUT2D eigenvalue weighted by molar-refractivity contribution is 0.0274. The second-order valence-corrected chi connectivity index (χ2v) is 7.59. The Morgan fingerprint density at radius 3 is 2.23 bits per heavy atom. The first-order valence-electron chi connectivity index (χ1n) is 8.15. The molecule has 0 aromatic heterocycles. The summed E-state index contributed by atoms with van der Waals surface area (Å²) in [6, 6.07) is 10.6. The first kappa shape index (κ1) is 15.3. The standard InChI is InChI=1S/C18H26N2O2/c1-18(2,3)22-17(21)20-12-15-10-19(11-16(15)13-20)9-14-7-5-4-6-8-14/h4-8,15-16H,9-13H2,1-3H3/t15-,16+. The number of fused-ring (bicyclic) bond motifs is 1. The van der Waals surface area contributed by atoms with E-state index in [0.717, 1.165) is 32.7 Å². The molecule has 2 heterocycles. The summed E-state index contributed by atoms with van der Waals surface area (Å²) >= 11 is 0. The number of carbonyl (C=O) groups is 1. The van der Waals surface area contributed by atoms with Crippen molar-refractivity contribution < 1.29 is 9.53 Å². The minimum atomic E-state index is -0.409. The second kappa shape index (κ2) is 5.92. The van der Waals surface area contributed by atoms with Crippen LogP contribution < -0.4 is 0 Å². The monoisotopic (exact) mass is 302 g/mol. The molecule has 2 aliphatic rings. The Kier molecular flexibility index (Phi) is 4.13. The smallest absolute Gasteiger partial charge is 0.410 e. The molecule has 3 rings (SSSR count). The third-order valence-corrected chi connectivity index (χ3v) is 4.46. The molecule has 0 radical (unpaired) electrons. The lowest BCUT2D eigenvalue weighted by atomic mass is 10.0. The van der Waals surface area contributed by atoms with Gasteiger partial charge in [0.15, 0.2) is 0 Å². The maximum atomic E-state index is 12.2. The number of carbonyl (C=O) groups excluding carboxylic acids is 1. The summed E-state index contributed by atoms with van der Waals surface area (Å²) in [6.45, 7) is 10.6. The van der Waals surface area contributed by atoms with Gasteiger partial charge in [-0.25, -0.2) is 4.79 Å². The van der Waals surface area contributed by atoms with E-state index in [-0.39, 0.29) is 6.09 Å². The van der Waals surface area contributed by atoms with Gasteiger partial charge >= 0.3 is 6.09 Å². The summed E-state index contributed by atoms with van der Waals surface area (Å²) in [5.41, 5.74) is 0.959. The minimum absolute atomic E-state index is 0.156. The zero-order valence-electron chi connectivity index (χ0n) is 13.8. The fourth-order valence-electron chi connectivity index (χ4n) is 3.54. The van der Waals surface area contributed by atoms with Gasteiger partial charge in [0.25, 0.3) is 0 Å². The van der Waals surface area contributed by atoms with E-state index in [1.807, 2.05) is 25.7 Å². The number of ether oxygens (including phenoxy) is 1. The highest BCUT2D eigenvalue weighted by atomic mass is 16.6. The fourth-order valence-corrected chi connectivity index (χ4v) is 3.54. The van der Waals surface area contributed by atoms with Crippen LogP contribution in [0.25, 0.3) is 0 Å². The van der Waals surface area contributed by atoms with Crippen LogP contribution in [0.1, 0.15) is 26.3 Å². The molecule has 22 heavy (non-hydrogen) atoms. The molecule has 0 N–H and O–H groups in total. The highest BCUT2D eigenvalue weighted by molar-refractivity contribution is 5.68. The SMILES string of the molecule is CC(C)(C)OC(=O)N1C[C@H]2CN(Cc3ccccc3)C[C@H]2C1. The van der Waals surface area contributed by atoms with E-state index in [9.17, 15) is 4.79 Å². The Morgan fingerprint density at radius 1 is 1.09 bits per heavy atom. The van der Waals surface area contributed by atoms with Gasteiger partial charge in [-0.1, -0.05) is 30.3 Å². The molecular formula is C18H26N2O2. The fraction of sp³-hybridized carbons (Fsp3) is 0.611. The number of nitrogens with zero attached hydrogens (tertiary/aromatic N) is 2. The summed E-state index contributed by atoms with van der Waals surface area (Å²) in [7, 11) is 0. The van der Waals surface area contributed by atoms with E-state index in [1.165, 1.54) is 5.56 Å². The number of rotatable bonds is 2. The van der Waals surface area contributed by atoms with Crippen LogP contribution in [0.2, 0.25) is 0 Å². The molecular weight excluding hydrogens is 276 g/mol. The molecule has 1 aromatic rings. The molecule has 0 spiro atoms. The van der Waals surface area contributed by atoms with Gasteiger partial charge in [-0.15, -0.1) is 0 Å². The third-order valence-electron chi connectivity index (χ3n) is 4.46. The molecule has 0 unspecified atom stereocenters. The van der Waals surface area contributed by atoms with Crippen molar-refractivity contribution in [1.29, 1.82) is 0 Å². The highest BCUT2D eigenvalue weighted by Gasteiger charge is 2.42. The lowest BCUT2D eigenvalue weighted by Crippen LogP contribution is -2.37. The Balaban J connectivity index is 1.51. The first-order valence-corrected chi connectivity index (χ1v) is 8.15. The average Bonchev–Trinajstić information content (AvgIpc) is 2.96. The van der Waals surface area contributed by atoms with Gasteiger partial charge in [-0.05, 0) is 38.2 Å². The average molecular weight is 302 g/mol. The van der Waals surface area contributed by atoms with Crippen LogP contribution >= 0.6 is 0 Å². The summed E-state index contributed by atoms with van der Waals surface area (Å²) in [4.78, 5) is 16.6. The Labute approximate surface area is 133 Å². The van der Waals surface area contributed by atoms with Crippen LogP contribution in [0, 0.1) is 11.8 Å². The van der Waals surface area contributed by atoms with Crippen LogP contribution in [0.15, 0.2) is 30.3 Å². The van der Waals surface area contributed by atoms with Crippen molar-refractivity contribution in [3.05, 3.63) is 35.9 Å². The Hall–Kier alpha value is -1.55. The van der Waals surface area contributed by atoms with Gasteiger partial charge in [0.1, 0.15) is 5.60 Å². The molecule has 4 nitrogen and oxygen atoms in total. The topological polar surface area (TPSA) is 32.8 Å². The van der Waals surface area contributed by atoms with Crippen molar-refractivity contribution >= 4 is 6.09 Å². The van der Waals surface area contributed by atoms with E-state index >= 15 is 0 Å². The van der Waals surface area contributed by atoms with Gasteiger partial charge < -0.3 is 9.64 Å². The molecule has 4 heteroatoms. The third kappa shape index (κ3) is 3.61. The van der Waals surface area contributed by atoms with Gasteiger partial charge in [0.05, 0.1) is 0 Å². The zero-order valence-corrected chi connectivity index (χ0v) is 13.8. The van der Waals surface area contributed by atoms with Gasteiger partial charge in [0.2, 0.25) is 0 Å². The molecule has 0 bridgehead atoms. The lowest BCUT2D eigenvalue weighted by Gasteiger charge is -2.26. The molecule has 0 aliphatic carbocycles. The minimum Gasteiger partial charge on any atom is -0.444 e. The van der Waals surface area contributed by atoms with E-state index in [0.29, 0.717) is 11.8 Å². The van der Waals surface area contributed by atoms with Crippen molar-refractivity contribution in [2.75, 3.05) is 26.2 Å². The van der Waals surface area contributed by atoms with Crippen molar-refractivity contribution in [3.63, 3.8) is 0 Å². The van der Waals surface area contributed by atoms with Crippen molar-refractivity contribution in [3.8, 4) is 0 Å². The number of amides is 1. The largest absolute Gasteiger partial charge is 0.444 e. The van der Waals surface area contributed by atoms with Crippen LogP contribution in [-0.4, -0.2) is 47.7 Å². The molecule has 1 amide bonds. The second-order valence-electron chi connectivity index (χ2n) is 7.59. The molecule has 2 atom stereocenters.